The molecule has 1 aromatic heterocycles. The molecule has 7 heteroatoms. The summed E-state index contributed by atoms with van der Waals surface area (Å²) >= 11 is 1.56. The molecule has 2 heterocycles. The summed E-state index contributed by atoms with van der Waals surface area (Å²) in [6, 6.07) is 3.89. The van der Waals surface area contributed by atoms with Gasteiger partial charge in [-0.25, -0.2) is 0 Å². The number of nitrogens with zero attached hydrogens (tertiary/aromatic N) is 1. The standard InChI is InChI=1S/C15H22N2O3S2/c1-11(14-6-4-8-21-14)22(20)10-15(19)17-7-3-5-13(9-17)16-12(2)18/h4,6,8,11,13H,3,5,7,9-10H2,1-2H3,(H,16,18)/t11-,13-,22-/m1/s1. The maximum Gasteiger partial charge on any atom is 0.235 e. The second kappa shape index (κ2) is 7.87. The van der Waals surface area contributed by atoms with Gasteiger partial charge >= 0.3 is 0 Å². The van der Waals surface area contributed by atoms with Crippen LogP contribution in [-0.4, -0.2) is 45.8 Å². The van der Waals surface area contributed by atoms with Gasteiger partial charge in [0, 0.05) is 41.7 Å². The van der Waals surface area contributed by atoms with Crippen molar-refractivity contribution in [2.24, 2.45) is 0 Å². The summed E-state index contributed by atoms with van der Waals surface area (Å²) in [6.45, 7) is 4.58. The number of hydrogen-bond donors (Lipinski definition) is 1. The van der Waals surface area contributed by atoms with Crippen LogP contribution in [0.2, 0.25) is 0 Å². The van der Waals surface area contributed by atoms with Crippen LogP contribution in [0.1, 0.15) is 36.8 Å². The summed E-state index contributed by atoms with van der Waals surface area (Å²) in [5, 5.41) is 4.68. The molecule has 1 saturated heterocycles. The SMILES string of the molecule is CC(=O)N[C@@H]1CCCN(C(=O)C[S@@](=O)[C@H](C)c2cccs2)C1. The maximum atomic E-state index is 12.4. The van der Waals surface area contributed by atoms with Crippen LogP contribution in [0.5, 0.6) is 0 Å². The van der Waals surface area contributed by atoms with Crippen LogP contribution in [-0.2, 0) is 20.4 Å². The van der Waals surface area contributed by atoms with E-state index in [4.69, 9.17) is 0 Å². The van der Waals surface area contributed by atoms with Gasteiger partial charge in [0.05, 0.1) is 5.25 Å². The maximum absolute atomic E-state index is 12.4. The Morgan fingerprint density at radius 1 is 1.55 bits per heavy atom. The first-order valence-corrected chi connectivity index (χ1v) is 9.69. The zero-order valence-corrected chi connectivity index (χ0v) is 14.5. The van der Waals surface area contributed by atoms with Crippen LogP contribution in [0.15, 0.2) is 17.5 Å². The molecule has 1 N–H and O–H groups in total. The number of rotatable bonds is 5. The van der Waals surface area contributed by atoms with E-state index >= 15 is 0 Å². The Morgan fingerprint density at radius 2 is 2.32 bits per heavy atom. The molecule has 2 amide bonds. The summed E-state index contributed by atoms with van der Waals surface area (Å²) in [7, 11) is -1.22. The number of nitrogens with one attached hydrogen (secondary N) is 1. The largest absolute Gasteiger partial charge is 0.352 e. The molecule has 3 atom stereocenters. The third kappa shape index (κ3) is 4.64. The molecule has 122 valence electrons. The van der Waals surface area contributed by atoms with Gasteiger partial charge in [-0.3, -0.25) is 13.8 Å². The first-order valence-electron chi connectivity index (χ1n) is 7.43. The van der Waals surface area contributed by atoms with Crippen LogP contribution in [0.3, 0.4) is 0 Å². The molecule has 0 aliphatic carbocycles. The van der Waals surface area contributed by atoms with Crippen LogP contribution in [0.25, 0.3) is 0 Å². The van der Waals surface area contributed by atoms with Crippen molar-refractivity contribution in [3.8, 4) is 0 Å². The Hall–Kier alpha value is -1.21. The van der Waals surface area contributed by atoms with Crippen molar-refractivity contribution in [2.75, 3.05) is 18.8 Å². The average molecular weight is 342 g/mol. The Morgan fingerprint density at radius 3 is 2.95 bits per heavy atom. The monoisotopic (exact) mass is 342 g/mol. The van der Waals surface area contributed by atoms with E-state index in [1.807, 2.05) is 24.4 Å². The highest BCUT2D eigenvalue weighted by molar-refractivity contribution is 7.86. The van der Waals surface area contributed by atoms with E-state index in [-0.39, 0.29) is 28.9 Å². The summed E-state index contributed by atoms with van der Waals surface area (Å²) < 4.78 is 12.4. The van der Waals surface area contributed by atoms with Gasteiger partial charge in [-0.05, 0) is 31.2 Å². The van der Waals surface area contributed by atoms with Gasteiger partial charge in [0.25, 0.3) is 0 Å². The minimum absolute atomic E-state index is 0.0124. The molecule has 0 aromatic carbocycles. The Bertz CT molecular complexity index is 545. The molecule has 1 aliphatic heterocycles. The van der Waals surface area contributed by atoms with E-state index in [1.165, 1.54) is 6.92 Å². The molecule has 0 saturated carbocycles. The van der Waals surface area contributed by atoms with E-state index in [0.29, 0.717) is 13.1 Å². The van der Waals surface area contributed by atoms with Crippen molar-refractivity contribution in [2.45, 2.75) is 38.0 Å². The fourth-order valence-corrected chi connectivity index (χ4v) is 4.76. The summed E-state index contributed by atoms with van der Waals surface area (Å²) in [5.41, 5.74) is 0. The summed E-state index contributed by atoms with van der Waals surface area (Å²) in [5.74, 6) is -0.114. The minimum Gasteiger partial charge on any atom is -0.352 e. The predicted octanol–water partition coefficient (Wildman–Crippen LogP) is 1.68. The van der Waals surface area contributed by atoms with Crippen molar-refractivity contribution in [3.63, 3.8) is 0 Å². The number of amides is 2. The lowest BCUT2D eigenvalue weighted by Crippen LogP contribution is -2.50. The quantitative estimate of drug-likeness (QED) is 0.885. The number of hydrogen-bond acceptors (Lipinski definition) is 4. The van der Waals surface area contributed by atoms with Gasteiger partial charge in [0.15, 0.2) is 0 Å². The topological polar surface area (TPSA) is 66.5 Å². The van der Waals surface area contributed by atoms with Crippen LogP contribution < -0.4 is 5.32 Å². The molecule has 1 fully saturated rings. The highest BCUT2D eigenvalue weighted by Gasteiger charge is 2.26. The first kappa shape index (κ1) is 17.1. The van der Waals surface area contributed by atoms with Gasteiger partial charge in [0.1, 0.15) is 5.75 Å². The normalized spacial score (nSPS) is 21.2. The van der Waals surface area contributed by atoms with Crippen molar-refractivity contribution < 1.29 is 13.8 Å². The van der Waals surface area contributed by atoms with Gasteiger partial charge in [-0.2, -0.15) is 0 Å². The second-order valence-electron chi connectivity index (χ2n) is 5.56. The molecular formula is C15H22N2O3S2. The first-order chi connectivity index (χ1) is 10.5. The molecular weight excluding hydrogens is 320 g/mol. The van der Waals surface area contributed by atoms with Crippen molar-refractivity contribution in [1.29, 1.82) is 0 Å². The molecule has 0 spiro atoms. The molecule has 1 aromatic rings. The van der Waals surface area contributed by atoms with Crippen LogP contribution in [0, 0.1) is 0 Å². The third-order valence-electron chi connectivity index (χ3n) is 3.79. The predicted molar refractivity (Wildman–Crippen MR) is 89.2 cm³/mol. The Balaban J connectivity index is 1.88. The fourth-order valence-electron chi connectivity index (χ4n) is 2.60. The van der Waals surface area contributed by atoms with Gasteiger partial charge in [-0.1, -0.05) is 6.07 Å². The molecule has 0 radical (unpaired) electrons. The molecule has 22 heavy (non-hydrogen) atoms. The average Bonchev–Trinajstić information content (AvgIpc) is 3.00. The van der Waals surface area contributed by atoms with E-state index in [9.17, 15) is 13.8 Å². The number of piperidine rings is 1. The highest BCUT2D eigenvalue weighted by atomic mass is 32.2. The third-order valence-corrected chi connectivity index (χ3v) is 6.56. The van der Waals surface area contributed by atoms with E-state index in [1.54, 1.807) is 16.2 Å². The zero-order chi connectivity index (χ0) is 16.1. The Labute approximate surface area is 137 Å². The van der Waals surface area contributed by atoms with E-state index < -0.39 is 10.8 Å². The van der Waals surface area contributed by atoms with Crippen LogP contribution >= 0.6 is 11.3 Å². The van der Waals surface area contributed by atoms with E-state index in [0.717, 1.165) is 17.7 Å². The molecule has 2 rings (SSSR count). The lowest BCUT2D eigenvalue weighted by Gasteiger charge is -2.33. The number of carbonyl (C=O) groups is 2. The van der Waals surface area contributed by atoms with Crippen molar-refractivity contribution in [1.82, 2.24) is 10.2 Å². The number of thiophene rings is 1. The summed E-state index contributed by atoms with van der Waals surface area (Å²) in [6.07, 6.45) is 1.75. The molecule has 5 nitrogen and oxygen atoms in total. The minimum atomic E-state index is -1.22. The van der Waals surface area contributed by atoms with Crippen molar-refractivity contribution >= 4 is 34.0 Å². The number of likely N-dealkylation sites (tertiary alicyclic amines) is 1. The highest BCUT2D eigenvalue weighted by Crippen LogP contribution is 2.24. The van der Waals surface area contributed by atoms with Crippen LogP contribution in [0.4, 0.5) is 0 Å². The second-order valence-corrected chi connectivity index (χ2v) is 8.30. The lowest BCUT2D eigenvalue weighted by atomic mass is 10.1. The molecule has 0 bridgehead atoms. The lowest BCUT2D eigenvalue weighted by molar-refractivity contribution is -0.130. The zero-order valence-electron chi connectivity index (χ0n) is 12.9. The van der Waals surface area contributed by atoms with Gasteiger partial charge in [-0.15, -0.1) is 11.3 Å². The smallest absolute Gasteiger partial charge is 0.235 e. The van der Waals surface area contributed by atoms with Gasteiger partial charge < -0.3 is 10.2 Å². The molecule has 1 aliphatic rings. The van der Waals surface area contributed by atoms with E-state index in [2.05, 4.69) is 5.32 Å². The van der Waals surface area contributed by atoms with Crippen molar-refractivity contribution in [3.05, 3.63) is 22.4 Å². The Kier molecular flexibility index (Phi) is 6.14. The number of carbonyl (C=O) groups excluding carboxylic acids is 2. The summed E-state index contributed by atoms with van der Waals surface area (Å²) in [4.78, 5) is 26.2. The van der Waals surface area contributed by atoms with Gasteiger partial charge in [0.2, 0.25) is 11.8 Å². The fraction of sp³-hybridized carbons (Fsp3) is 0.600. The molecule has 0 unspecified atom stereocenters.